The first kappa shape index (κ1) is 15.6. The van der Waals surface area contributed by atoms with Crippen molar-refractivity contribution in [3.8, 4) is 5.75 Å². The number of hydrogen-bond donors (Lipinski definition) is 1. The fourth-order valence-corrected chi connectivity index (χ4v) is 3.58. The second-order valence-electron chi connectivity index (χ2n) is 4.22. The van der Waals surface area contributed by atoms with Gasteiger partial charge in [0.15, 0.2) is 5.78 Å². The number of benzene rings is 2. The molecular weight excluding hydrogens is 404 g/mol. The maximum Gasteiger partial charge on any atom is 0.176 e. The SMILES string of the molecule is Cc1c(Br)cc(C(=O)CSc2ccccc2)c(O)c1Br. The van der Waals surface area contributed by atoms with Gasteiger partial charge in [-0.25, -0.2) is 0 Å². The van der Waals surface area contributed by atoms with Gasteiger partial charge < -0.3 is 5.11 Å². The molecule has 0 spiro atoms. The monoisotopic (exact) mass is 414 g/mol. The predicted molar refractivity (Wildman–Crippen MR) is 89.7 cm³/mol. The van der Waals surface area contributed by atoms with Crippen LogP contribution in [-0.2, 0) is 0 Å². The minimum absolute atomic E-state index is 0.00404. The van der Waals surface area contributed by atoms with Crippen LogP contribution in [0, 0.1) is 6.92 Å². The predicted octanol–water partition coefficient (Wildman–Crippen LogP) is 5.20. The lowest BCUT2D eigenvalue weighted by Crippen LogP contribution is -2.04. The molecule has 0 saturated heterocycles. The van der Waals surface area contributed by atoms with Crippen LogP contribution in [0.25, 0.3) is 0 Å². The summed E-state index contributed by atoms with van der Waals surface area (Å²) in [5.74, 6) is 0.196. The summed E-state index contributed by atoms with van der Waals surface area (Å²) in [5, 5.41) is 10.1. The molecule has 0 amide bonds. The Bertz CT molecular complexity index is 642. The summed E-state index contributed by atoms with van der Waals surface area (Å²) in [6.45, 7) is 1.86. The van der Waals surface area contributed by atoms with Crippen molar-refractivity contribution in [1.29, 1.82) is 0 Å². The molecule has 104 valence electrons. The molecule has 0 radical (unpaired) electrons. The number of carbonyl (C=O) groups is 1. The maximum atomic E-state index is 12.2. The Morgan fingerprint density at radius 1 is 1.25 bits per heavy atom. The highest BCUT2D eigenvalue weighted by Gasteiger charge is 2.17. The number of phenolic OH excluding ortho intramolecular Hbond substituents is 1. The highest BCUT2D eigenvalue weighted by molar-refractivity contribution is 9.11. The number of rotatable bonds is 4. The Kier molecular flexibility index (Phi) is 5.29. The van der Waals surface area contributed by atoms with Gasteiger partial charge in [-0.2, -0.15) is 0 Å². The molecule has 5 heteroatoms. The summed E-state index contributed by atoms with van der Waals surface area (Å²) in [4.78, 5) is 13.3. The zero-order valence-electron chi connectivity index (χ0n) is 10.7. The Balaban J connectivity index is 2.18. The lowest BCUT2D eigenvalue weighted by Gasteiger charge is -2.10. The van der Waals surface area contributed by atoms with Crippen molar-refractivity contribution in [2.75, 3.05) is 5.75 Å². The normalized spacial score (nSPS) is 10.6. The first-order valence-corrected chi connectivity index (χ1v) is 8.46. The van der Waals surface area contributed by atoms with E-state index in [9.17, 15) is 9.90 Å². The molecule has 0 aliphatic rings. The number of phenols is 1. The molecular formula is C15H12Br2O2S. The average Bonchev–Trinajstić information content (AvgIpc) is 2.47. The summed E-state index contributed by atoms with van der Waals surface area (Å²) in [5.41, 5.74) is 1.20. The molecule has 0 aliphatic heterocycles. The fraction of sp³-hybridized carbons (Fsp3) is 0.133. The number of aromatic hydroxyl groups is 1. The van der Waals surface area contributed by atoms with Crippen LogP contribution in [0.1, 0.15) is 15.9 Å². The van der Waals surface area contributed by atoms with Crippen LogP contribution in [-0.4, -0.2) is 16.6 Å². The van der Waals surface area contributed by atoms with Gasteiger partial charge in [0, 0.05) is 9.37 Å². The second kappa shape index (κ2) is 6.78. The van der Waals surface area contributed by atoms with E-state index in [4.69, 9.17) is 0 Å². The first-order valence-electron chi connectivity index (χ1n) is 5.89. The van der Waals surface area contributed by atoms with Gasteiger partial charge in [0.25, 0.3) is 0 Å². The van der Waals surface area contributed by atoms with Crippen molar-refractivity contribution in [3.05, 3.63) is 56.5 Å². The van der Waals surface area contributed by atoms with Crippen molar-refractivity contribution in [2.24, 2.45) is 0 Å². The van der Waals surface area contributed by atoms with Gasteiger partial charge in [-0.3, -0.25) is 4.79 Å². The van der Waals surface area contributed by atoms with Crippen molar-refractivity contribution in [2.45, 2.75) is 11.8 Å². The molecule has 0 atom stereocenters. The highest BCUT2D eigenvalue weighted by atomic mass is 79.9. The average molecular weight is 416 g/mol. The molecule has 2 rings (SSSR count). The topological polar surface area (TPSA) is 37.3 Å². The van der Waals surface area contributed by atoms with E-state index < -0.39 is 0 Å². The quantitative estimate of drug-likeness (QED) is 0.550. The third-order valence-electron chi connectivity index (χ3n) is 2.84. The summed E-state index contributed by atoms with van der Waals surface area (Å²) in [6, 6.07) is 11.4. The summed E-state index contributed by atoms with van der Waals surface area (Å²) in [6.07, 6.45) is 0. The third kappa shape index (κ3) is 3.45. The Labute approximate surface area is 138 Å². The molecule has 2 aromatic rings. The fourth-order valence-electron chi connectivity index (χ4n) is 1.66. The largest absolute Gasteiger partial charge is 0.506 e. The van der Waals surface area contributed by atoms with Crippen LogP contribution in [0.3, 0.4) is 0 Å². The van der Waals surface area contributed by atoms with Crippen LogP contribution >= 0.6 is 43.6 Å². The molecule has 2 nitrogen and oxygen atoms in total. The molecule has 0 heterocycles. The standard InChI is InChI=1S/C15H12Br2O2S/c1-9-12(16)7-11(15(19)14(9)17)13(18)8-20-10-5-3-2-4-6-10/h2-7,19H,8H2,1H3. The van der Waals surface area contributed by atoms with E-state index in [0.717, 1.165) is 14.9 Å². The van der Waals surface area contributed by atoms with E-state index >= 15 is 0 Å². The number of carbonyl (C=O) groups excluding carboxylic acids is 1. The van der Waals surface area contributed by atoms with E-state index in [1.54, 1.807) is 6.07 Å². The van der Waals surface area contributed by atoms with E-state index in [1.165, 1.54) is 11.8 Å². The molecule has 0 aromatic heterocycles. The molecule has 2 aromatic carbocycles. The maximum absolute atomic E-state index is 12.2. The Morgan fingerprint density at radius 2 is 1.90 bits per heavy atom. The Hall–Kier alpha value is -0.780. The van der Waals surface area contributed by atoms with Gasteiger partial charge in [0.1, 0.15) is 5.75 Å². The van der Waals surface area contributed by atoms with E-state index in [2.05, 4.69) is 31.9 Å². The smallest absolute Gasteiger partial charge is 0.176 e. The first-order chi connectivity index (χ1) is 9.50. The minimum atomic E-state index is -0.0993. The van der Waals surface area contributed by atoms with Crippen molar-refractivity contribution < 1.29 is 9.90 Å². The van der Waals surface area contributed by atoms with Gasteiger partial charge in [0.2, 0.25) is 0 Å². The zero-order chi connectivity index (χ0) is 14.7. The highest BCUT2D eigenvalue weighted by Crippen LogP contribution is 2.36. The number of hydrogen-bond acceptors (Lipinski definition) is 3. The Morgan fingerprint density at radius 3 is 2.55 bits per heavy atom. The lowest BCUT2D eigenvalue weighted by molar-refractivity contribution is 0.102. The molecule has 0 aliphatic carbocycles. The molecule has 1 N–H and O–H groups in total. The number of halogens is 2. The van der Waals surface area contributed by atoms with E-state index in [1.807, 2.05) is 37.3 Å². The third-order valence-corrected chi connectivity index (χ3v) is 5.64. The molecule has 0 fully saturated rings. The van der Waals surface area contributed by atoms with Gasteiger partial charge >= 0.3 is 0 Å². The number of Topliss-reactive ketones (excluding diaryl/α,β-unsaturated/α-hetero) is 1. The molecule has 20 heavy (non-hydrogen) atoms. The molecule has 0 unspecified atom stereocenters. The zero-order valence-corrected chi connectivity index (χ0v) is 14.7. The van der Waals surface area contributed by atoms with Gasteiger partial charge in [-0.15, -0.1) is 11.8 Å². The summed E-state index contributed by atoms with van der Waals surface area (Å²) >= 11 is 8.16. The lowest BCUT2D eigenvalue weighted by atomic mass is 10.1. The van der Waals surface area contributed by atoms with E-state index in [0.29, 0.717) is 15.8 Å². The van der Waals surface area contributed by atoms with Crippen molar-refractivity contribution >= 4 is 49.4 Å². The van der Waals surface area contributed by atoms with Crippen LogP contribution in [0.4, 0.5) is 0 Å². The van der Waals surface area contributed by atoms with E-state index in [-0.39, 0.29) is 11.5 Å². The van der Waals surface area contributed by atoms with Crippen molar-refractivity contribution in [3.63, 3.8) is 0 Å². The van der Waals surface area contributed by atoms with Gasteiger partial charge in [0.05, 0.1) is 15.8 Å². The number of thioether (sulfide) groups is 1. The van der Waals surface area contributed by atoms with Crippen molar-refractivity contribution in [1.82, 2.24) is 0 Å². The molecule has 0 bridgehead atoms. The van der Waals surface area contributed by atoms with Gasteiger partial charge in [-0.05, 0) is 46.6 Å². The van der Waals surface area contributed by atoms with Gasteiger partial charge in [-0.1, -0.05) is 34.1 Å². The van der Waals surface area contributed by atoms with Crippen LogP contribution in [0.2, 0.25) is 0 Å². The summed E-state index contributed by atoms with van der Waals surface area (Å²) in [7, 11) is 0. The minimum Gasteiger partial charge on any atom is -0.506 e. The molecule has 0 saturated carbocycles. The number of ketones is 1. The second-order valence-corrected chi connectivity index (χ2v) is 6.91. The summed E-state index contributed by atoms with van der Waals surface area (Å²) < 4.78 is 1.36. The van der Waals surface area contributed by atoms with Crippen LogP contribution in [0.15, 0.2) is 50.2 Å². The van der Waals surface area contributed by atoms with Crippen LogP contribution in [0.5, 0.6) is 5.75 Å². The van der Waals surface area contributed by atoms with Crippen LogP contribution < -0.4 is 0 Å².